The molecular formula is C16H21NO3S. The fourth-order valence-electron chi connectivity index (χ4n) is 3.64. The molecule has 1 aromatic heterocycles. The molecule has 3 unspecified atom stereocenters. The van der Waals surface area contributed by atoms with Crippen molar-refractivity contribution >= 4 is 23.2 Å². The number of hydrogen-bond acceptors (Lipinski definition) is 3. The monoisotopic (exact) mass is 307 g/mol. The number of hydrogen-bond donors (Lipinski definition) is 2. The second-order valence-electron chi connectivity index (χ2n) is 6.36. The van der Waals surface area contributed by atoms with Crippen LogP contribution >= 0.6 is 11.3 Å². The zero-order chi connectivity index (χ0) is 15.0. The zero-order valence-electron chi connectivity index (χ0n) is 12.2. The zero-order valence-corrected chi connectivity index (χ0v) is 13.0. The first-order chi connectivity index (χ1) is 10.0. The molecule has 0 aliphatic heterocycles. The molecule has 114 valence electrons. The molecule has 2 aliphatic carbocycles. The molecule has 2 aliphatic rings. The van der Waals surface area contributed by atoms with Gasteiger partial charge in [0.1, 0.15) is 0 Å². The molecule has 3 rings (SSSR count). The Bertz CT molecular complexity index is 544. The van der Waals surface area contributed by atoms with Crippen molar-refractivity contribution in [3.05, 3.63) is 21.4 Å². The highest BCUT2D eigenvalue weighted by Gasteiger charge is 2.41. The maximum atomic E-state index is 12.3. The number of nitrogens with one attached hydrogen (secondary N) is 1. The van der Waals surface area contributed by atoms with Gasteiger partial charge in [-0.2, -0.15) is 0 Å². The number of aryl methyl sites for hydroxylation is 2. The van der Waals surface area contributed by atoms with Gasteiger partial charge in [-0.05, 0) is 49.7 Å². The summed E-state index contributed by atoms with van der Waals surface area (Å²) < 4.78 is 0. The van der Waals surface area contributed by atoms with Crippen LogP contribution in [0.25, 0.3) is 0 Å². The Balaban J connectivity index is 1.59. The van der Waals surface area contributed by atoms with Gasteiger partial charge in [0.2, 0.25) is 5.91 Å². The molecule has 1 amide bonds. The standard InChI is InChI=1S/C16H21NO3S/c1-9-5-12(13(6-9)16(19)20)15(18)17-8-11-7-10-3-2-4-14(10)21-11/h7,9,12-13H,2-6,8H2,1H3,(H,17,18)(H,19,20). The third-order valence-corrected chi connectivity index (χ3v) is 5.92. The normalized spacial score (nSPS) is 27.6. The number of amides is 1. The lowest BCUT2D eigenvalue weighted by Crippen LogP contribution is -2.34. The van der Waals surface area contributed by atoms with Crippen LogP contribution in [0.15, 0.2) is 6.07 Å². The van der Waals surface area contributed by atoms with Crippen LogP contribution in [0.2, 0.25) is 0 Å². The van der Waals surface area contributed by atoms with E-state index in [-0.39, 0.29) is 11.8 Å². The Morgan fingerprint density at radius 2 is 2.10 bits per heavy atom. The summed E-state index contributed by atoms with van der Waals surface area (Å²) in [5.41, 5.74) is 1.43. The van der Waals surface area contributed by atoms with Crippen LogP contribution in [-0.4, -0.2) is 17.0 Å². The van der Waals surface area contributed by atoms with E-state index in [0.29, 0.717) is 25.3 Å². The van der Waals surface area contributed by atoms with Crippen molar-refractivity contribution in [2.24, 2.45) is 17.8 Å². The summed E-state index contributed by atoms with van der Waals surface area (Å²) in [5, 5.41) is 12.2. The molecule has 21 heavy (non-hydrogen) atoms. The predicted octanol–water partition coefficient (Wildman–Crippen LogP) is 2.60. The van der Waals surface area contributed by atoms with Crippen LogP contribution in [0.4, 0.5) is 0 Å². The topological polar surface area (TPSA) is 66.4 Å². The summed E-state index contributed by atoms with van der Waals surface area (Å²) in [6.07, 6.45) is 4.86. The van der Waals surface area contributed by atoms with Crippen molar-refractivity contribution in [3.8, 4) is 0 Å². The van der Waals surface area contributed by atoms with E-state index in [0.717, 1.165) is 12.8 Å². The average molecular weight is 307 g/mol. The van der Waals surface area contributed by atoms with Crippen molar-refractivity contribution < 1.29 is 14.7 Å². The minimum Gasteiger partial charge on any atom is -0.481 e. The summed E-state index contributed by atoms with van der Waals surface area (Å²) in [7, 11) is 0. The van der Waals surface area contributed by atoms with E-state index < -0.39 is 11.9 Å². The molecule has 0 bridgehead atoms. The highest BCUT2D eigenvalue weighted by molar-refractivity contribution is 7.12. The number of carboxylic acids is 1. The third kappa shape index (κ3) is 2.98. The average Bonchev–Trinajstić information content (AvgIpc) is 3.08. The molecule has 1 saturated carbocycles. The van der Waals surface area contributed by atoms with Crippen molar-refractivity contribution in [2.45, 2.75) is 45.6 Å². The van der Waals surface area contributed by atoms with Crippen molar-refractivity contribution in [3.63, 3.8) is 0 Å². The van der Waals surface area contributed by atoms with E-state index in [9.17, 15) is 14.7 Å². The van der Waals surface area contributed by atoms with Gasteiger partial charge >= 0.3 is 5.97 Å². The number of thiophene rings is 1. The van der Waals surface area contributed by atoms with Crippen LogP contribution < -0.4 is 5.32 Å². The number of carbonyl (C=O) groups is 2. The van der Waals surface area contributed by atoms with Gasteiger partial charge in [-0.15, -0.1) is 11.3 Å². The van der Waals surface area contributed by atoms with Crippen LogP contribution in [0.3, 0.4) is 0 Å². The van der Waals surface area contributed by atoms with Gasteiger partial charge in [-0.1, -0.05) is 6.92 Å². The van der Waals surface area contributed by atoms with Gasteiger partial charge in [-0.3, -0.25) is 9.59 Å². The first kappa shape index (κ1) is 14.6. The second kappa shape index (κ2) is 5.79. The molecule has 0 saturated heterocycles. The Hall–Kier alpha value is -1.36. The SMILES string of the molecule is CC1CC(C(=O)O)C(C(=O)NCc2cc3c(s2)CCC3)C1. The van der Waals surface area contributed by atoms with Crippen molar-refractivity contribution in [2.75, 3.05) is 0 Å². The summed E-state index contributed by atoms with van der Waals surface area (Å²) in [6.45, 7) is 2.56. The third-order valence-electron chi connectivity index (χ3n) is 4.69. The smallest absolute Gasteiger partial charge is 0.307 e. The van der Waals surface area contributed by atoms with Crippen molar-refractivity contribution in [1.29, 1.82) is 0 Å². The Kier molecular flexibility index (Phi) is 4.02. The largest absolute Gasteiger partial charge is 0.481 e. The summed E-state index contributed by atoms with van der Waals surface area (Å²) in [5.74, 6) is -1.51. The summed E-state index contributed by atoms with van der Waals surface area (Å²) in [4.78, 5) is 26.2. The number of carbonyl (C=O) groups excluding carboxylic acids is 1. The molecule has 0 radical (unpaired) electrons. The minimum atomic E-state index is -0.838. The molecule has 4 nitrogen and oxygen atoms in total. The number of fused-ring (bicyclic) bond motifs is 1. The molecule has 1 fully saturated rings. The summed E-state index contributed by atoms with van der Waals surface area (Å²) >= 11 is 1.78. The number of carboxylic acid groups (broad SMARTS) is 1. The maximum absolute atomic E-state index is 12.3. The number of rotatable bonds is 4. The van der Waals surface area contributed by atoms with E-state index in [1.54, 1.807) is 11.3 Å². The van der Waals surface area contributed by atoms with Crippen molar-refractivity contribution in [1.82, 2.24) is 5.32 Å². The molecular weight excluding hydrogens is 286 g/mol. The lowest BCUT2D eigenvalue weighted by Gasteiger charge is -2.15. The first-order valence-corrected chi connectivity index (χ1v) is 8.47. The van der Waals surface area contributed by atoms with E-state index in [4.69, 9.17) is 0 Å². The number of aliphatic carboxylic acids is 1. The molecule has 0 aromatic carbocycles. The van der Waals surface area contributed by atoms with Crippen LogP contribution in [0, 0.1) is 17.8 Å². The molecule has 5 heteroatoms. The first-order valence-electron chi connectivity index (χ1n) is 7.65. The molecule has 2 N–H and O–H groups in total. The Labute approximate surface area is 128 Å². The quantitative estimate of drug-likeness (QED) is 0.898. The lowest BCUT2D eigenvalue weighted by atomic mass is 9.95. The van der Waals surface area contributed by atoms with E-state index >= 15 is 0 Å². The Morgan fingerprint density at radius 3 is 2.81 bits per heavy atom. The van der Waals surface area contributed by atoms with Crippen LogP contribution in [0.5, 0.6) is 0 Å². The lowest BCUT2D eigenvalue weighted by molar-refractivity contribution is -0.146. The summed E-state index contributed by atoms with van der Waals surface area (Å²) in [6, 6.07) is 2.19. The van der Waals surface area contributed by atoms with E-state index in [1.807, 2.05) is 6.92 Å². The van der Waals surface area contributed by atoms with Gasteiger partial charge < -0.3 is 10.4 Å². The molecule has 0 spiro atoms. The van der Waals surface area contributed by atoms with Gasteiger partial charge in [-0.25, -0.2) is 0 Å². The second-order valence-corrected chi connectivity index (χ2v) is 7.58. The van der Waals surface area contributed by atoms with Crippen LogP contribution in [-0.2, 0) is 29.0 Å². The maximum Gasteiger partial charge on any atom is 0.307 e. The minimum absolute atomic E-state index is 0.0969. The van der Waals surface area contributed by atoms with E-state index in [1.165, 1.54) is 21.7 Å². The fraction of sp³-hybridized carbons (Fsp3) is 0.625. The fourth-order valence-corrected chi connectivity index (χ4v) is 4.84. The molecule has 1 aromatic rings. The van der Waals surface area contributed by atoms with Gasteiger partial charge in [0.15, 0.2) is 0 Å². The van der Waals surface area contributed by atoms with Gasteiger partial charge in [0, 0.05) is 9.75 Å². The highest BCUT2D eigenvalue weighted by Crippen LogP contribution is 2.36. The molecule has 1 heterocycles. The Morgan fingerprint density at radius 1 is 1.33 bits per heavy atom. The molecule has 3 atom stereocenters. The predicted molar refractivity (Wildman–Crippen MR) is 81.2 cm³/mol. The highest BCUT2D eigenvalue weighted by atomic mass is 32.1. The van der Waals surface area contributed by atoms with Gasteiger partial charge in [0.25, 0.3) is 0 Å². The van der Waals surface area contributed by atoms with Gasteiger partial charge in [0.05, 0.1) is 18.4 Å². The van der Waals surface area contributed by atoms with E-state index in [2.05, 4.69) is 11.4 Å². The van der Waals surface area contributed by atoms with Crippen LogP contribution in [0.1, 0.15) is 41.5 Å².